The van der Waals surface area contributed by atoms with Crippen LogP contribution < -0.4 is 5.32 Å². The number of halogens is 1. The van der Waals surface area contributed by atoms with Crippen molar-refractivity contribution in [1.29, 1.82) is 0 Å². The highest BCUT2D eigenvalue weighted by Gasteiger charge is 2.22. The number of nitrogens with zero attached hydrogens (tertiary/aromatic N) is 3. The molecule has 0 saturated carbocycles. The Morgan fingerprint density at radius 2 is 1.96 bits per heavy atom. The Kier molecular flexibility index (Phi) is 3.60. The zero-order valence-corrected chi connectivity index (χ0v) is 13.2. The lowest BCUT2D eigenvalue weighted by Gasteiger charge is -2.20. The van der Waals surface area contributed by atoms with Crippen molar-refractivity contribution in [1.82, 2.24) is 14.6 Å². The van der Waals surface area contributed by atoms with E-state index >= 15 is 0 Å². The summed E-state index contributed by atoms with van der Waals surface area (Å²) in [5.74, 6) is -0.938. The molecule has 0 spiro atoms. The Bertz CT molecular complexity index is 880. The number of para-hydroxylation sites is 1. The first kappa shape index (κ1) is 15.1. The predicted molar refractivity (Wildman–Crippen MR) is 86.0 cm³/mol. The number of carbonyl (C=O) groups excluding carboxylic acids is 1. The van der Waals surface area contributed by atoms with Gasteiger partial charge in [0.05, 0.1) is 17.6 Å². The molecule has 118 valence electrons. The minimum atomic E-state index is -0.484. The highest BCUT2D eigenvalue weighted by Crippen LogP contribution is 2.23. The lowest BCUT2D eigenvalue weighted by Crippen LogP contribution is -2.21. The van der Waals surface area contributed by atoms with Gasteiger partial charge in [0, 0.05) is 11.5 Å². The van der Waals surface area contributed by atoms with Crippen LogP contribution >= 0.6 is 0 Å². The fraction of sp³-hybridized carbons (Fsp3) is 0.235. The van der Waals surface area contributed by atoms with Gasteiger partial charge in [-0.3, -0.25) is 4.79 Å². The van der Waals surface area contributed by atoms with Crippen molar-refractivity contribution in [2.75, 3.05) is 5.32 Å². The van der Waals surface area contributed by atoms with E-state index in [0.717, 1.165) is 5.69 Å². The third kappa shape index (κ3) is 2.92. The number of amides is 1. The summed E-state index contributed by atoms with van der Waals surface area (Å²) < 4.78 is 15.4. The van der Waals surface area contributed by atoms with Crippen LogP contribution in [0.4, 0.5) is 10.1 Å². The van der Waals surface area contributed by atoms with Gasteiger partial charge in [-0.05, 0) is 18.2 Å². The number of hydrogen-bond acceptors (Lipinski definition) is 3. The van der Waals surface area contributed by atoms with Crippen molar-refractivity contribution in [2.45, 2.75) is 26.2 Å². The summed E-state index contributed by atoms with van der Waals surface area (Å²) in [5.41, 5.74) is 1.57. The van der Waals surface area contributed by atoms with Crippen molar-refractivity contribution in [2.24, 2.45) is 0 Å². The van der Waals surface area contributed by atoms with E-state index in [2.05, 4.69) is 15.4 Å². The standard InChI is InChI=1S/C17H17FN4O/c1-17(2,3)14-10-13(20-15-8-9-19-22(14)15)16(23)21-12-7-5-4-6-11(12)18/h4-10H,1-3H3,(H,21,23). The molecule has 2 heterocycles. The normalized spacial score (nSPS) is 11.7. The van der Waals surface area contributed by atoms with Crippen LogP contribution in [0.3, 0.4) is 0 Å². The molecular formula is C17H17FN4O. The van der Waals surface area contributed by atoms with E-state index in [9.17, 15) is 9.18 Å². The lowest BCUT2D eigenvalue weighted by molar-refractivity contribution is 0.102. The van der Waals surface area contributed by atoms with E-state index in [1.807, 2.05) is 20.8 Å². The Hall–Kier alpha value is -2.76. The molecule has 3 rings (SSSR count). The van der Waals surface area contributed by atoms with Crippen LogP contribution in [0.1, 0.15) is 37.0 Å². The van der Waals surface area contributed by atoms with Crippen LogP contribution in [0.25, 0.3) is 5.65 Å². The van der Waals surface area contributed by atoms with Gasteiger partial charge >= 0.3 is 0 Å². The van der Waals surface area contributed by atoms with Gasteiger partial charge in [0.25, 0.3) is 5.91 Å². The van der Waals surface area contributed by atoms with E-state index in [-0.39, 0.29) is 16.8 Å². The molecule has 0 unspecified atom stereocenters. The van der Waals surface area contributed by atoms with Crippen LogP contribution in [-0.2, 0) is 5.41 Å². The summed E-state index contributed by atoms with van der Waals surface area (Å²) in [4.78, 5) is 16.7. The minimum absolute atomic E-state index is 0.130. The van der Waals surface area contributed by atoms with Gasteiger partial charge in [-0.2, -0.15) is 5.10 Å². The smallest absolute Gasteiger partial charge is 0.274 e. The van der Waals surface area contributed by atoms with Crippen LogP contribution in [0.2, 0.25) is 0 Å². The number of fused-ring (bicyclic) bond motifs is 1. The molecular weight excluding hydrogens is 295 g/mol. The summed E-state index contributed by atoms with van der Waals surface area (Å²) >= 11 is 0. The monoisotopic (exact) mass is 312 g/mol. The molecule has 0 fully saturated rings. The highest BCUT2D eigenvalue weighted by atomic mass is 19.1. The fourth-order valence-corrected chi connectivity index (χ4v) is 2.31. The van der Waals surface area contributed by atoms with E-state index in [1.165, 1.54) is 12.1 Å². The second kappa shape index (κ2) is 5.46. The maximum atomic E-state index is 13.7. The molecule has 1 N–H and O–H groups in total. The van der Waals surface area contributed by atoms with Gasteiger partial charge in [0.2, 0.25) is 0 Å². The minimum Gasteiger partial charge on any atom is -0.318 e. The highest BCUT2D eigenvalue weighted by molar-refractivity contribution is 6.03. The van der Waals surface area contributed by atoms with Crippen molar-refractivity contribution >= 4 is 17.2 Å². The molecule has 0 aliphatic heterocycles. The van der Waals surface area contributed by atoms with Gasteiger partial charge in [-0.25, -0.2) is 13.9 Å². The fourth-order valence-electron chi connectivity index (χ4n) is 2.31. The zero-order valence-electron chi connectivity index (χ0n) is 13.2. The van der Waals surface area contributed by atoms with E-state index in [0.29, 0.717) is 5.65 Å². The van der Waals surface area contributed by atoms with Gasteiger partial charge < -0.3 is 5.32 Å². The number of aromatic nitrogens is 3. The maximum absolute atomic E-state index is 13.7. The third-order valence-corrected chi connectivity index (χ3v) is 3.48. The topological polar surface area (TPSA) is 59.3 Å². The molecule has 0 radical (unpaired) electrons. The summed E-state index contributed by atoms with van der Waals surface area (Å²) in [6.45, 7) is 6.09. The summed E-state index contributed by atoms with van der Waals surface area (Å²) in [6, 6.07) is 9.45. The second-order valence-electron chi connectivity index (χ2n) is 6.31. The SMILES string of the molecule is CC(C)(C)c1cc(C(=O)Nc2ccccc2F)nc2ccnn12. The Labute approximate surface area is 133 Å². The molecule has 23 heavy (non-hydrogen) atoms. The number of nitrogens with one attached hydrogen (secondary N) is 1. The van der Waals surface area contributed by atoms with Crippen molar-refractivity contribution < 1.29 is 9.18 Å². The van der Waals surface area contributed by atoms with Crippen molar-refractivity contribution in [3.8, 4) is 0 Å². The molecule has 0 atom stereocenters. The molecule has 1 aromatic carbocycles. The van der Waals surface area contributed by atoms with Crippen molar-refractivity contribution in [3.05, 3.63) is 59.8 Å². The molecule has 0 aliphatic carbocycles. The van der Waals surface area contributed by atoms with E-state index in [1.54, 1.807) is 35.0 Å². The molecule has 3 aromatic rings. The number of benzene rings is 1. The van der Waals surface area contributed by atoms with E-state index in [4.69, 9.17) is 0 Å². The number of rotatable bonds is 2. The molecule has 1 amide bonds. The molecule has 0 saturated heterocycles. The van der Waals surface area contributed by atoms with Crippen LogP contribution in [0, 0.1) is 5.82 Å². The Morgan fingerprint density at radius 1 is 1.22 bits per heavy atom. The van der Waals surface area contributed by atoms with Gasteiger partial charge in [0.1, 0.15) is 11.5 Å². The van der Waals surface area contributed by atoms with Crippen LogP contribution in [0.15, 0.2) is 42.6 Å². The summed E-state index contributed by atoms with van der Waals surface area (Å²) in [5, 5.41) is 6.80. The van der Waals surface area contributed by atoms with Gasteiger partial charge in [-0.15, -0.1) is 0 Å². The number of carbonyl (C=O) groups is 1. The average molecular weight is 312 g/mol. The number of anilines is 1. The molecule has 2 aromatic heterocycles. The first-order valence-corrected chi connectivity index (χ1v) is 7.27. The molecule has 0 bridgehead atoms. The van der Waals surface area contributed by atoms with Crippen LogP contribution in [-0.4, -0.2) is 20.5 Å². The summed E-state index contributed by atoms with van der Waals surface area (Å²) in [7, 11) is 0. The van der Waals surface area contributed by atoms with Gasteiger partial charge in [0.15, 0.2) is 5.65 Å². The lowest BCUT2D eigenvalue weighted by atomic mass is 9.91. The third-order valence-electron chi connectivity index (χ3n) is 3.48. The Morgan fingerprint density at radius 3 is 2.65 bits per heavy atom. The Balaban J connectivity index is 2.03. The zero-order chi connectivity index (χ0) is 16.6. The summed E-state index contributed by atoms with van der Waals surface area (Å²) in [6.07, 6.45) is 1.64. The average Bonchev–Trinajstić information content (AvgIpc) is 2.95. The molecule has 0 aliphatic rings. The van der Waals surface area contributed by atoms with Gasteiger partial charge in [-0.1, -0.05) is 32.9 Å². The predicted octanol–water partition coefficient (Wildman–Crippen LogP) is 3.42. The quantitative estimate of drug-likeness (QED) is 0.789. The molecule has 6 heteroatoms. The largest absolute Gasteiger partial charge is 0.318 e. The van der Waals surface area contributed by atoms with E-state index < -0.39 is 11.7 Å². The maximum Gasteiger partial charge on any atom is 0.274 e. The molecule has 5 nitrogen and oxygen atoms in total. The van der Waals surface area contributed by atoms with Crippen LogP contribution in [0.5, 0.6) is 0 Å². The second-order valence-corrected chi connectivity index (χ2v) is 6.31. The first-order valence-electron chi connectivity index (χ1n) is 7.27. The number of hydrogen-bond donors (Lipinski definition) is 1. The van der Waals surface area contributed by atoms with Crippen molar-refractivity contribution in [3.63, 3.8) is 0 Å². The first-order chi connectivity index (χ1) is 10.9.